The number of hydrogen-bond acceptors (Lipinski definition) is 14. The summed E-state index contributed by atoms with van der Waals surface area (Å²) in [6.45, 7) is 0. The van der Waals surface area contributed by atoms with Crippen LogP contribution in [0, 0.1) is 4.91 Å². The molecular weight excluding hydrogens is 288 g/mol. The van der Waals surface area contributed by atoms with Crippen molar-refractivity contribution in [1.29, 1.82) is 0 Å². The van der Waals surface area contributed by atoms with E-state index < -0.39 is 29.3 Å². The van der Waals surface area contributed by atoms with Crippen molar-refractivity contribution < 1.29 is 91.0 Å². The maximum Gasteiger partial charge on any atom is 1.00 e. The summed E-state index contributed by atoms with van der Waals surface area (Å²) < 4.78 is 3.22. The van der Waals surface area contributed by atoms with Crippen molar-refractivity contribution in [1.82, 2.24) is 0 Å². The normalized spacial score (nSPS) is 6.47. The molecule has 0 spiro atoms. The number of rotatable bonds is 2. The standard InChI is InChI=1S/BH2NO4.3BH3O3.Na.H/c3-1(4)6-2-5;3*2-1(3)4;;/h3-4H;3*2-4H;;/q;;;;+1;-1. The van der Waals surface area contributed by atoms with E-state index in [-0.39, 0.29) is 31.0 Å². The Morgan fingerprint density at radius 1 is 0.684 bits per heavy atom. The van der Waals surface area contributed by atoms with Gasteiger partial charge in [0.15, 0.2) is 0 Å². The molecule has 0 saturated heterocycles. The Morgan fingerprint density at radius 2 is 0.842 bits per heavy atom. The molecule has 19 heavy (non-hydrogen) atoms. The smallest absolute Gasteiger partial charge is 1.00 e. The average molecular weight is 300 g/mol. The molecule has 0 aromatic rings. The van der Waals surface area contributed by atoms with Crippen LogP contribution < -0.4 is 29.6 Å². The number of hydrogen-bond donors (Lipinski definition) is 11. The summed E-state index contributed by atoms with van der Waals surface area (Å²) in [6, 6.07) is 0. The Kier molecular flexibility index (Phi) is 44.4. The van der Waals surface area contributed by atoms with Gasteiger partial charge in [-0.05, 0) is 0 Å². The molecule has 108 valence electrons. The SMILES string of the molecule is O=NOB(O)O.OB(O)O.OB(O)O.OB(O)O.[H-].[Na+]. The van der Waals surface area contributed by atoms with Crippen molar-refractivity contribution in [2.45, 2.75) is 0 Å². The van der Waals surface area contributed by atoms with Crippen LogP contribution in [0.15, 0.2) is 5.34 Å². The molecular formula is H12B4NNaO13. The summed E-state index contributed by atoms with van der Waals surface area (Å²) in [5.41, 5.74) is 0. The van der Waals surface area contributed by atoms with Crippen LogP contribution in [0.4, 0.5) is 0 Å². The van der Waals surface area contributed by atoms with Gasteiger partial charge in [0, 0.05) is 0 Å². The molecule has 0 aliphatic carbocycles. The summed E-state index contributed by atoms with van der Waals surface area (Å²) in [5.74, 6) is 0. The predicted molar refractivity (Wildman–Crippen MR) is 55.4 cm³/mol. The van der Waals surface area contributed by atoms with E-state index >= 15 is 0 Å². The molecule has 11 N–H and O–H groups in total. The molecule has 0 amide bonds. The third-order valence-corrected chi connectivity index (χ3v) is 0.137. The predicted octanol–water partition coefficient (Wildman–Crippen LogP) is -10.4. The molecule has 0 aliphatic rings. The van der Waals surface area contributed by atoms with Crippen LogP contribution in [0.3, 0.4) is 0 Å². The van der Waals surface area contributed by atoms with Crippen LogP contribution in [0.25, 0.3) is 0 Å². The molecule has 14 nitrogen and oxygen atoms in total. The summed E-state index contributed by atoms with van der Waals surface area (Å²) in [5, 5.41) is 81.4. The largest absolute Gasteiger partial charge is 1.00 e. The maximum atomic E-state index is 8.82. The fourth-order valence-corrected chi connectivity index (χ4v) is 0.0385. The Bertz CT molecular complexity index is 126. The molecule has 0 radical (unpaired) electrons. The molecule has 0 atom stereocenters. The minimum Gasteiger partial charge on any atom is -1.00 e. The summed E-state index contributed by atoms with van der Waals surface area (Å²) in [4.78, 5) is 8.82. The summed E-state index contributed by atoms with van der Waals surface area (Å²) in [7, 11) is -8.58. The van der Waals surface area contributed by atoms with Gasteiger partial charge in [-0.25, -0.2) is 0 Å². The van der Waals surface area contributed by atoms with E-state index in [1.807, 2.05) is 0 Å². The van der Waals surface area contributed by atoms with E-state index in [1.165, 1.54) is 0 Å². The second-order valence-corrected chi connectivity index (χ2v) is 1.55. The van der Waals surface area contributed by atoms with Gasteiger partial charge in [-0.15, -0.1) is 4.91 Å². The first-order valence-electron chi connectivity index (χ1n) is 3.44. The van der Waals surface area contributed by atoms with Crippen molar-refractivity contribution in [2.75, 3.05) is 0 Å². The van der Waals surface area contributed by atoms with Gasteiger partial charge in [0.25, 0.3) is 0 Å². The maximum absolute atomic E-state index is 8.82. The van der Waals surface area contributed by atoms with Gasteiger partial charge in [-0.1, -0.05) is 0 Å². The van der Waals surface area contributed by atoms with Crippen LogP contribution in [0.5, 0.6) is 0 Å². The molecule has 0 unspecified atom stereocenters. The van der Waals surface area contributed by atoms with Crippen molar-refractivity contribution in [2.24, 2.45) is 5.34 Å². The van der Waals surface area contributed by atoms with Gasteiger partial charge in [0.1, 0.15) is 5.34 Å². The van der Waals surface area contributed by atoms with E-state index in [2.05, 4.69) is 4.76 Å². The molecule has 0 heterocycles. The Morgan fingerprint density at radius 3 is 0.842 bits per heavy atom. The Hall–Kier alpha value is 0.220. The number of nitrogens with zero attached hydrogens (tertiary/aromatic N) is 1. The van der Waals surface area contributed by atoms with Gasteiger partial charge in [-0.3, -0.25) is 0 Å². The van der Waals surface area contributed by atoms with Gasteiger partial charge >= 0.3 is 58.8 Å². The third-order valence-electron chi connectivity index (χ3n) is 0.137. The minimum absolute atomic E-state index is 0. The molecule has 0 fully saturated rings. The molecule has 0 aromatic carbocycles. The zero-order valence-corrected chi connectivity index (χ0v) is 11.5. The van der Waals surface area contributed by atoms with Crippen molar-refractivity contribution in [3.63, 3.8) is 0 Å². The first-order valence-corrected chi connectivity index (χ1v) is 3.44. The van der Waals surface area contributed by atoms with Crippen LogP contribution >= 0.6 is 0 Å². The molecule has 0 aromatic heterocycles. The van der Waals surface area contributed by atoms with E-state index in [4.69, 9.17) is 60.2 Å². The molecule has 0 rings (SSSR count). The van der Waals surface area contributed by atoms with E-state index in [1.54, 1.807) is 5.34 Å². The van der Waals surface area contributed by atoms with Crippen molar-refractivity contribution >= 4 is 29.3 Å². The second kappa shape index (κ2) is 26.7. The monoisotopic (exact) mass is 301 g/mol. The topological polar surface area (TPSA) is 261 Å². The first-order chi connectivity index (χ1) is 7.97. The quantitative estimate of drug-likeness (QED) is 0.129. The third kappa shape index (κ3) is 462. The van der Waals surface area contributed by atoms with E-state index in [0.29, 0.717) is 0 Å². The van der Waals surface area contributed by atoms with E-state index in [9.17, 15) is 0 Å². The van der Waals surface area contributed by atoms with Gasteiger partial charge in [-0.2, -0.15) is 0 Å². The van der Waals surface area contributed by atoms with Gasteiger partial charge in [0.2, 0.25) is 0 Å². The zero-order chi connectivity index (χ0) is 15.7. The summed E-state index contributed by atoms with van der Waals surface area (Å²) >= 11 is 0. The second-order valence-electron chi connectivity index (χ2n) is 1.55. The Labute approximate surface area is 130 Å². The van der Waals surface area contributed by atoms with Crippen LogP contribution in [-0.4, -0.2) is 84.5 Å². The molecule has 0 bridgehead atoms. The fourth-order valence-electron chi connectivity index (χ4n) is 0.0385. The fraction of sp³-hybridized carbons (Fsp3) is 0. The van der Waals surface area contributed by atoms with E-state index in [0.717, 1.165) is 0 Å². The summed E-state index contributed by atoms with van der Waals surface area (Å²) in [6.07, 6.45) is 0. The van der Waals surface area contributed by atoms with Gasteiger partial charge < -0.3 is 61.4 Å². The van der Waals surface area contributed by atoms with Crippen LogP contribution in [0.2, 0.25) is 0 Å². The van der Waals surface area contributed by atoms with Crippen molar-refractivity contribution in [3.8, 4) is 0 Å². The zero-order valence-electron chi connectivity index (χ0n) is 10.5. The molecule has 0 aliphatic heterocycles. The van der Waals surface area contributed by atoms with Crippen LogP contribution in [0.1, 0.15) is 1.43 Å². The van der Waals surface area contributed by atoms with Crippen LogP contribution in [-0.2, 0) is 4.76 Å². The van der Waals surface area contributed by atoms with Crippen molar-refractivity contribution in [3.05, 3.63) is 4.91 Å². The average Bonchev–Trinajstić information content (AvgIpc) is 1.98. The minimum atomic E-state index is -2.17. The molecule has 19 heteroatoms. The Balaban J connectivity index is -0.0000000322. The van der Waals surface area contributed by atoms with Gasteiger partial charge in [0.05, 0.1) is 0 Å². The molecule has 0 saturated carbocycles. The first kappa shape index (κ1) is 31.6.